The van der Waals surface area contributed by atoms with Crippen LogP contribution in [0.3, 0.4) is 0 Å². The van der Waals surface area contributed by atoms with Gasteiger partial charge in [0.2, 0.25) is 5.78 Å². The smallest absolute Gasteiger partial charge is 0.338 e. The molecule has 0 radical (unpaired) electrons. The van der Waals surface area contributed by atoms with Crippen LogP contribution in [-0.4, -0.2) is 17.9 Å². The molecular weight excluding hydrogens is 314 g/mol. The standard InChI is InChI=1S/C21H21NO3/c1-14(25-20(24)17-7-5-15(13-22)6-8-17)19(23)16-9-11-18(12-10-16)21(2,3)4/h5-12,14H,1-4H3. The molecule has 0 saturated carbocycles. The minimum atomic E-state index is -0.886. The average Bonchev–Trinajstić information content (AvgIpc) is 2.60. The van der Waals surface area contributed by atoms with Crippen molar-refractivity contribution in [3.8, 4) is 6.07 Å². The van der Waals surface area contributed by atoms with Crippen molar-refractivity contribution in [3.05, 3.63) is 70.8 Å². The SMILES string of the molecule is CC(OC(=O)c1ccc(C#N)cc1)C(=O)c1ccc(C(C)(C)C)cc1. The summed E-state index contributed by atoms with van der Waals surface area (Å²) in [5.74, 6) is -0.834. The molecule has 0 heterocycles. The zero-order chi connectivity index (χ0) is 18.6. The number of ketones is 1. The number of carbonyl (C=O) groups is 2. The zero-order valence-electron chi connectivity index (χ0n) is 14.9. The highest BCUT2D eigenvalue weighted by molar-refractivity contribution is 6.01. The number of ether oxygens (including phenoxy) is 1. The molecular formula is C21H21NO3. The van der Waals surface area contributed by atoms with Gasteiger partial charge in [-0.15, -0.1) is 0 Å². The van der Waals surface area contributed by atoms with E-state index in [4.69, 9.17) is 10.00 Å². The lowest BCUT2D eigenvalue weighted by Crippen LogP contribution is -2.24. The normalized spacial score (nSPS) is 12.1. The van der Waals surface area contributed by atoms with Crippen molar-refractivity contribution in [2.45, 2.75) is 39.2 Å². The maximum Gasteiger partial charge on any atom is 0.338 e. The molecule has 2 rings (SSSR count). The Kier molecular flexibility index (Phi) is 5.38. The van der Waals surface area contributed by atoms with E-state index in [2.05, 4.69) is 20.8 Å². The second-order valence-electron chi connectivity index (χ2n) is 6.93. The van der Waals surface area contributed by atoms with Crippen LogP contribution in [-0.2, 0) is 10.2 Å². The third-order valence-corrected chi connectivity index (χ3v) is 3.94. The number of hydrogen-bond donors (Lipinski definition) is 0. The first-order valence-corrected chi connectivity index (χ1v) is 8.08. The van der Waals surface area contributed by atoms with Crippen LogP contribution in [0.4, 0.5) is 0 Å². The van der Waals surface area contributed by atoms with Crippen LogP contribution < -0.4 is 0 Å². The highest BCUT2D eigenvalue weighted by atomic mass is 16.5. The molecule has 128 valence electrons. The van der Waals surface area contributed by atoms with Crippen molar-refractivity contribution in [3.63, 3.8) is 0 Å². The van der Waals surface area contributed by atoms with Crippen LogP contribution in [0, 0.1) is 11.3 Å². The fourth-order valence-corrected chi connectivity index (χ4v) is 2.33. The number of Topliss-reactive ketones (excluding diaryl/α,β-unsaturated/α-hetero) is 1. The van der Waals surface area contributed by atoms with E-state index in [-0.39, 0.29) is 11.2 Å². The molecule has 2 aromatic rings. The Morgan fingerprint density at radius 1 is 0.960 bits per heavy atom. The van der Waals surface area contributed by atoms with Gasteiger partial charge in [0.05, 0.1) is 17.2 Å². The number of nitriles is 1. The van der Waals surface area contributed by atoms with Crippen molar-refractivity contribution < 1.29 is 14.3 Å². The van der Waals surface area contributed by atoms with Crippen LogP contribution in [0.25, 0.3) is 0 Å². The van der Waals surface area contributed by atoms with Gasteiger partial charge in [0.1, 0.15) is 0 Å². The summed E-state index contributed by atoms with van der Waals surface area (Å²) in [6.07, 6.45) is -0.886. The first kappa shape index (κ1) is 18.4. The molecule has 0 fully saturated rings. The molecule has 0 N–H and O–H groups in total. The molecule has 4 heteroatoms. The van der Waals surface area contributed by atoms with E-state index in [1.807, 2.05) is 18.2 Å². The lowest BCUT2D eigenvalue weighted by molar-refractivity contribution is 0.0319. The van der Waals surface area contributed by atoms with Gasteiger partial charge in [0.25, 0.3) is 0 Å². The average molecular weight is 335 g/mol. The topological polar surface area (TPSA) is 67.2 Å². The monoisotopic (exact) mass is 335 g/mol. The molecule has 4 nitrogen and oxygen atoms in total. The van der Waals surface area contributed by atoms with Crippen molar-refractivity contribution in [1.29, 1.82) is 5.26 Å². The molecule has 0 aliphatic heterocycles. The van der Waals surface area contributed by atoms with Gasteiger partial charge in [-0.1, -0.05) is 45.0 Å². The van der Waals surface area contributed by atoms with Crippen LogP contribution in [0.5, 0.6) is 0 Å². The van der Waals surface area contributed by atoms with Crippen molar-refractivity contribution in [2.75, 3.05) is 0 Å². The van der Waals surface area contributed by atoms with Crippen LogP contribution >= 0.6 is 0 Å². The van der Waals surface area contributed by atoms with Crippen molar-refractivity contribution in [1.82, 2.24) is 0 Å². The summed E-state index contributed by atoms with van der Waals surface area (Å²) in [7, 11) is 0. The molecule has 0 spiro atoms. The fourth-order valence-electron chi connectivity index (χ4n) is 2.33. The van der Waals surface area contributed by atoms with Gasteiger partial charge in [-0.2, -0.15) is 5.26 Å². The summed E-state index contributed by atoms with van der Waals surface area (Å²) in [6.45, 7) is 7.87. The second-order valence-corrected chi connectivity index (χ2v) is 6.93. The van der Waals surface area contributed by atoms with Gasteiger partial charge < -0.3 is 4.74 Å². The minimum Gasteiger partial charge on any atom is -0.451 e. The molecule has 0 bridgehead atoms. The van der Waals surface area contributed by atoms with Crippen molar-refractivity contribution in [2.24, 2.45) is 0 Å². The maximum absolute atomic E-state index is 12.5. The van der Waals surface area contributed by atoms with Crippen LogP contribution in [0.1, 0.15) is 59.5 Å². The van der Waals surface area contributed by atoms with E-state index in [9.17, 15) is 9.59 Å². The summed E-state index contributed by atoms with van der Waals surface area (Å²) in [4.78, 5) is 24.6. The van der Waals surface area contributed by atoms with E-state index < -0.39 is 12.1 Å². The summed E-state index contributed by atoms with van der Waals surface area (Å²) < 4.78 is 5.25. The van der Waals surface area contributed by atoms with E-state index in [0.29, 0.717) is 16.7 Å². The predicted octanol–water partition coefficient (Wildman–Crippen LogP) is 4.28. The molecule has 1 atom stereocenters. The van der Waals surface area contributed by atoms with Crippen LogP contribution in [0.15, 0.2) is 48.5 Å². The van der Waals surface area contributed by atoms with E-state index >= 15 is 0 Å². The van der Waals surface area contributed by atoms with Crippen LogP contribution in [0.2, 0.25) is 0 Å². The second kappa shape index (κ2) is 7.31. The Bertz CT molecular complexity index is 806. The van der Waals surface area contributed by atoms with E-state index in [0.717, 1.165) is 5.56 Å². The number of hydrogen-bond acceptors (Lipinski definition) is 4. The van der Waals surface area contributed by atoms with Gasteiger partial charge in [-0.25, -0.2) is 4.79 Å². The molecule has 0 amide bonds. The molecule has 0 aliphatic carbocycles. The Hall–Kier alpha value is -2.93. The van der Waals surface area contributed by atoms with Gasteiger partial charge >= 0.3 is 5.97 Å². The maximum atomic E-state index is 12.5. The Morgan fingerprint density at radius 3 is 1.96 bits per heavy atom. The summed E-state index contributed by atoms with van der Waals surface area (Å²) in [5, 5.41) is 8.77. The largest absolute Gasteiger partial charge is 0.451 e. The molecule has 1 unspecified atom stereocenters. The van der Waals surface area contributed by atoms with Gasteiger partial charge in [-0.3, -0.25) is 4.79 Å². The Labute approximate surface area is 148 Å². The molecule has 0 aromatic heterocycles. The summed E-state index contributed by atoms with van der Waals surface area (Å²) in [5.41, 5.74) is 2.41. The first-order valence-electron chi connectivity index (χ1n) is 8.08. The van der Waals surface area contributed by atoms with E-state index in [1.165, 1.54) is 24.3 Å². The molecule has 2 aromatic carbocycles. The lowest BCUT2D eigenvalue weighted by Gasteiger charge is -2.19. The molecule has 25 heavy (non-hydrogen) atoms. The van der Waals surface area contributed by atoms with Gasteiger partial charge in [-0.05, 0) is 42.2 Å². The summed E-state index contributed by atoms with van der Waals surface area (Å²) in [6, 6.07) is 15.4. The Balaban J connectivity index is 2.06. The lowest BCUT2D eigenvalue weighted by atomic mass is 9.86. The number of benzene rings is 2. The predicted molar refractivity (Wildman–Crippen MR) is 95.5 cm³/mol. The third kappa shape index (κ3) is 4.54. The van der Waals surface area contributed by atoms with Crippen molar-refractivity contribution >= 4 is 11.8 Å². The summed E-state index contributed by atoms with van der Waals surface area (Å²) >= 11 is 0. The number of rotatable bonds is 4. The zero-order valence-corrected chi connectivity index (χ0v) is 14.9. The minimum absolute atomic E-state index is 0.00918. The molecule has 0 saturated heterocycles. The molecule has 0 aliphatic rings. The Morgan fingerprint density at radius 2 is 1.48 bits per heavy atom. The number of carbonyl (C=O) groups excluding carboxylic acids is 2. The quantitative estimate of drug-likeness (QED) is 0.617. The third-order valence-electron chi connectivity index (χ3n) is 3.94. The first-order chi connectivity index (χ1) is 11.7. The number of esters is 1. The number of nitrogens with zero attached hydrogens (tertiary/aromatic N) is 1. The van der Waals surface area contributed by atoms with Gasteiger partial charge in [0, 0.05) is 5.56 Å². The van der Waals surface area contributed by atoms with E-state index in [1.54, 1.807) is 19.1 Å². The highest BCUT2D eigenvalue weighted by Crippen LogP contribution is 2.22. The fraction of sp³-hybridized carbons (Fsp3) is 0.286. The van der Waals surface area contributed by atoms with Gasteiger partial charge in [0.15, 0.2) is 6.10 Å². The highest BCUT2D eigenvalue weighted by Gasteiger charge is 2.21.